The number of rotatable bonds is 3. The molecule has 2 N–H and O–H groups in total. The molecule has 0 unspecified atom stereocenters. The van der Waals surface area contributed by atoms with Crippen LogP contribution < -0.4 is 5.32 Å². The van der Waals surface area contributed by atoms with Crippen LogP contribution >= 0.6 is 0 Å². The van der Waals surface area contributed by atoms with E-state index in [1.165, 1.54) is 19.3 Å². The number of anilines is 1. The van der Waals surface area contributed by atoms with Crippen LogP contribution in [-0.2, 0) is 0 Å². The Morgan fingerprint density at radius 1 is 1.13 bits per heavy atom. The molecule has 6 nitrogen and oxygen atoms in total. The normalized spacial score (nSPS) is 19.3. The third kappa shape index (κ3) is 3.94. The van der Waals surface area contributed by atoms with E-state index in [9.17, 15) is 5.11 Å². The monoisotopic (exact) mass is 399 g/mol. The fourth-order valence-electron chi connectivity index (χ4n) is 4.00. The molecular weight excluding hydrogens is 374 g/mol. The molecule has 0 radical (unpaired) electrons. The molecule has 3 heterocycles. The van der Waals surface area contributed by atoms with Gasteiger partial charge in [-0.1, -0.05) is 11.8 Å². The fraction of sp³-hybridized carbons (Fsp3) is 0.375. The molecule has 0 bridgehead atoms. The summed E-state index contributed by atoms with van der Waals surface area (Å²) in [5.74, 6) is 7.82. The molecule has 152 valence electrons. The van der Waals surface area contributed by atoms with Crippen molar-refractivity contribution in [2.24, 2.45) is 5.92 Å². The van der Waals surface area contributed by atoms with Gasteiger partial charge < -0.3 is 15.3 Å². The molecule has 2 fully saturated rings. The van der Waals surface area contributed by atoms with Crippen molar-refractivity contribution in [1.82, 2.24) is 20.1 Å². The molecule has 0 spiro atoms. The van der Waals surface area contributed by atoms with Gasteiger partial charge in [0.05, 0.1) is 0 Å². The van der Waals surface area contributed by atoms with Gasteiger partial charge in [0.1, 0.15) is 11.4 Å². The van der Waals surface area contributed by atoms with Gasteiger partial charge in [-0.25, -0.2) is 0 Å². The Hall–Kier alpha value is -3.17. The van der Waals surface area contributed by atoms with Gasteiger partial charge in [-0.05, 0) is 63.5 Å². The van der Waals surface area contributed by atoms with Gasteiger partial charge in [-0.2, -0.15) is 0 Å². The smallest absolute Gasteiger partial charge is 0.158 e. The first kappa shape index (κ1) is 18.8. The molecule has 1 saturated carbocycles. The standard InChI is InChI=1S/C24H25N5O/c1-29-12-2-3-18(15-29)26-24-21-14-25-11-10-19(21)23(27-28-24)20-9-8-17(13-22(20)30)7-6-16-4-5-16/h8-11,13-14,16,18,30H,2-5,12,15H2,1H3,(H,26,28)/t18-/m1/s1. The summed E-state index contributed by atoms with van der Waals surface area (Å²) in [5.41, 5.74) is 2.12. The molecule has 1 aliphatic carbocycles. The summed E-state index contributed by atoms with van der Waals surface area (Å²) >= 11 is 0. The Balaban J connectivity index is 1.49. The molecule has 1 aliphatic heterocycles. The maximum Gasteiger partial charge on any atom is 0.158 e. The number of hydrogen-bond donors (Lipinski definition) is 2. The zero-order chi connectivity index (χ0) is 20.5. The predicted octanol–water partition coefficient (Wildman–Crippen LogP) is 3.67. The topological polar surface area (TPSA) is 74.2 Å². The number of phenols is 1. The summed E-state index contributed by atoms with van der Waals surface area (Å²) < 4.78 is 0. The maximum atomic E-state index is 10.7. The van der Waals surface area contributed by atoms with E-state index >= 15 is 0 Å². The first-order chi connectivity index (χ1) is 14.7. The highest BCUT2D eigenvalue weighted by Crippen LogP contribution is 2.35. The molecule has 2 aliphatic rings. The minimum absolute atomic E-state index is 0.166. The summed E-state index contributed by atoms with van der Waals surface area (Å²) in [6.45, 7) is 2.11. The number of piperidine rings is 1. The lowest BCUT2D eigenvalue weighted by Gasteiger charge is -2.30. The van der Waals surface area contributed by atoms with Gasteiger partial charge in [0.15, 0.2) is 5.82 Å². The van der Waals surface area contributed by atoms with Crippen molar-refractivity contribution in [3.63, 3.8) is 0 Å². The highest BCUT2D eigenvalue weighted by Gasteiger charge is 2.20. The molecule has 5 rings (SSSR count). The van der Waals surface area contributed by atoms with Crippen molar-refractivity contribution in [3.8, 4) is 28.8 Å². The van der Waals surface area contributed by atoms with E-state index in [4.69, 9.17) is 0 Å². The minimum Gasteiger partial charge on any atom is -0.507 e. The lowest BCUT2D eigenvalue weighted by Crippen LogP contribution is -2.40. The number of likely N-dealkylation sites (N-methyl/N-ethyl adjacent to an activating group) is 1. The average molecular weight is 399 g/mol. The largest absolute Gasteiger partial charge is 0.507 e. The summed E-state index contributed by atoms with van der Waals surface area (Å²) in [6, 6.07) is 7.79. The van der Waals surface area contributed by atoms with Gasteiger partial charge in [0, 0.05) is 52.8 Å². The van der Waals surface area contributed by atoms with Crippen molar-refractivity contribution >= 4 is 16.6 Å². The third-order valence-corrected chi connectivity index (χ3v) is 5.80. The second-order valence-electron chi connectivity index (χ2n) is 8.34. The quantitative estimate of drug-likeness (QED) is 0.655. The van der Waals surface area contributed by atoms with E-state index in [1.807, 2.05) is 24.4 Å². The van der Waals surface area contributed by atoms with E-state index in [2.05, 4.69) is 44.3 Å². The van der Waals surface area contributed by atoms with Gasteiger partial charge in [0.25, 0.3) is 0 Å². The lowest BCUT2D eigenvalue weighted by molar-refractivity contribution is 0.261. The first-order valence-electron chi connectivity index (χ1n) is 10.6. The number of hydrogen-bond acceptors (Lipinski definition) is 6. The summed E-state index contributed by atoms with van der Waals surface area (Å²) in [6.07, 6.45) is 8.21. The Labute approximate surface area is 176 Å². The molecular formula is C24H25N5O. The molecule has 3 aromatic rings. The number of phenolic OH excluding ortho intramolecular Hbond substituents is 1. The molecule has 1 saturated heterocycles. The van der Waals surface area contributed by atoms with Crippen LogP contribution in [0.2, 0.25) is 0 Å². The summed E-state index contributed by atoms with van der Waals surface area (Å²) in [4.78, 5) is 6.63. The fourth-order valence-corrected chi connectivity index (χ4v) is 4.00. The van der Waals surface area contributed by atoms with Crippen LogP contribution in [0, 0.1) is 17.8 Å². The second kappa shape index (κ2) is 7.92. The van der Waals surface area contributed by atoms with Gasteiger partial charge in [-0.15, -0.1) is 10.2 Å². The number of nitrogens with one attached hydrogen (secondary N) is 1. The number of fused-ring (bicyclic) bond motifs is 1. The first-order valence-corrected chi connectivity index (χ1v) is 10.6. The van der Waals surface area contributed by atoms with Crippen LogP contribution in [0.5, 0.6) is 5.75 Å². The Morgan fingerprint density at radius 2 is 2.03 bits per heavy atom. The number of aromatic hydroxyl groups is 1. The molecule has 6 heteroatoms. The van der Waals surface area contributed by atoms with E-state index in [-0.39, 0.29) is 5.75 Å². The minimum atomic E-state index is 0.166. The van der Waals surface area contributed by atoms with Crippen molar-refractivity contribution in [3.05, 3.63) is 42.2 Å². The van der Waals surface area contributed by atoms with Gasteiger partial charge in [-0.3, -0.25) is 4.98 Å². The van der Waals surface area contributed by atoms with Crippen LogP contribution in [0.4, 0.5) is 5.82 Å². The van der Waals surface area contributed by atoms with Crippen LogP contribution in [0.15, 0.2) is 36.7 Å². The van der Waals surface area contributed by atoms with E-state index in [0.717, 1.165) is 41.7 Å². The number of likely N-dealkylation sites (tertiary alicyclic amines) is 1. The van der Waals surface area contributed by atoms with E-state index < -0.39 is 0 Å². The number of aromatic nitrogens is 3. The van der Waals surface area contributed by atoms with Crippen molar-refractivity contribution in [2.45, 2.75) is 31.7 Å². The molecule has 1 aromatic carbocycles. The highest BCUT2D eigenvalue weighted by atomic mass is 16.3. The zero-order valence-electron chi connectivity index (χ0n) is 17.1. The van der Waals surface area contributed by atoms with Crippen molar-refractivity contribution in [1.29, 1.82) is 0 Å². The maximum absolute atomic E-state index is 10.7. The van der Waals surface area contributed by atoms with Gasteiger partial charge >= 0.3 is 0 Å². The SMILES string of the molecule is CN1CCC[C@@H](Nc2nnc(-c3ccc(C#CC4CC4)cc3O)c3ccncc23)C1. The van der Waals surface area contributed by atoms with Crippen LogP contribution in [0.25, 0.3) is 22.0 Å². The van der Waals surface area contributed by atoms with Crippen LogP contribution in [-0.4, -0.2) is 51.4 Å². The molecule has 2 aromatic heterocycles. The van der Waals surface area contributed by atoms with E-state index in [1.54, 1.807) is 12.3 Å². The second-order valence-corrected chi connectivity index (χ2v) is 8.34. The van der Waals surface area contributed by atoms with Crippen LogP contribution in [0.3, 0.4) is 0 Å². The van der Waals surface area contributed by atoms with E-state index in [0.29, 0.717) is 23.2 Å². The van der Waals surface area contributed by atoms with Crippen molar-refractivity contribution in [2.75, 3.05) is 25.5 Å². The summed E-state index contributed by atoms with van der Waals surface area (Å²) in [5, 5.41) is 25.0. The molecule has 0 amide bonds. The molecule has 1 atom stereocenters. The lowest BCUT2D eigenvalue weighted by atomic mass is 10.0. The predicted molar refractivity (Wildman–Crippen MR) is 118 cm³/mol. The Bertz CT molecular complexity index is 1150. The Kier molecular flexibility index (Phi) is 4.97. The average Bonchev–Trinajstić information content (AvgIpc) is 3.58. The Morgan fingerprint density at radius 3 is 2.83 bits per heavy atom. The summed E-state index contributed by atoms with van der Waals surface area (Å²) in [7, 11) is 2.14. The highest BCUT2D eigenvalue weighted by molar-refractivity contribution is 6.00. The van der Waals surface area contributed by atoms with Crippen molar-refractivity contribution < 1.29 is 5.11 Å². The number of pyridine rings is 1. The van der Waals surface area contributed by atoms with Crippen LogP contribution in [0.1, 0.15) is 31.2 Å². The zero-order valence-corrected chi connectivity index (χ0v) is 17.1. The third-order valence-electron chi connectivity index (χ3n) is 5.80. The molecule has 30 heavy (non-hydrogen) atoms. The number of benzene rings is 1. The van der Waals surface area contributed by atoms with Gasteiger partial charge in [0.2, 0.25) is 0 Å². The number of nitrogens with zero attached hydrogens (tertiary/aromatic N) is 4.